The van der Waals surface area contributed by atoms with Crippen molar-refractivity contribution in [2.24, 2.45) is 14.6 Å². The van der Waals surface area contributed by atoms with Crippen molar-refractivity contribution >= 4 is 75.5 Å². The number of benzene rings is 3. The monoisotopic (exact) mass is 554 g/mol. The maximum absolute atomic E-state index is 13.4. The summed E-state index contributed by atoms with van der Waals surface area (Å²) in [6.45, 7) is 0. The summed E-state index contributed by atoms with van der Waals surface area (Å²) in [7, 11) is 1.70. The molecular weight excluding hydrogens is 535 g/mol. The van der Waals surface area contributed by atoms with Crippen molar-refractivity contribution in [2.75, 3.05) is 23.0 Å². The van der Waals surface area contributed by atoms with E-state index in [0.717, 1.165) is 17.0 Å². The van der Waals surface area contributed by atoms with Crippen LogP contribution in [0.25, 0.3) is 0 Å². The van der Waals surface area contributed by atoms with Crippen molar-refractivity contribution in [3.8, 4) is 0 Å². The Labute approximate surface area is 228 Å². The molecule has 11 heteroatoms. The second kappa shape index (κ2) is 10.6. The first-order valence-corrected chi connectivity index (χ1v) is 13.1. The predicted octanol–water partition coefficient (Wildman–Crippen LogP) is 6.28. The third-order valence-corrected chi connectivity index (χ3v) is 7.28. The summed E-state index contributed by atoms with van der Waals surface area (Å²) in [5.74, 6) is 0.563. The molecule has 0 aromatic heterocycles. The number of amides is 1. The van der Waals surface area contributed by atoms with E-state index in [4.69, 9.17) is 40.4 Å². The third-order valence-electron chi connectivity index (χ3n) is 5.82. The number of fused-ring (bicyclic) bond motifs is 1. The highest BCUT2D eigenvalue weighted by Crippen LogP contribution is 2.32. The summed E-state index contributed by atoms with van der Waals surface area (Å²) in [5, 5.41) is 11.7. The van der Waals surface area contributed by atoms with Gasteiger partial charge in [0, 0.05) is 39.7 Å². The van der Waals surface area contributed by atoms with Crippen LogP contribution < -0.4 is 15.5 Å². The van der Waals surface area contributed by atoms with Crippen molar-refractivity contribution in [1.82, 2.24) is 5.32 Å². The Hall–Kier alpha value is -2.98. The zero-order valence-electron chi connectivity index (χ0n) is 19.0. The molecule has 5 rings (SSSR count). The van der Waals surface area contributed by atoms with Crippen molar-refractivity contribution in [3.63, 3.8) is 0 Å². The van der Waals surface area contributed by atoms with Crippen LogP contribution in [0, 0.1) is 0 Å². The lowest BCUT2D eigenvalue weighted by atomic mass is 10.00. The van der Waals surface area contributed by atoms with Crippen LogP contribution in [0.5, 0.6) is 0 Å². The fourth-order valence-electron chi connectivity index (χ4n) is 3.98. The van der Waals surface area contributed by atoms with Gasteiger partial charge < -0.3 is 15.5 Å². The molecule has 0 aliphatic carbocycles. The molecule has 2 unspecified atom stereocenters. The summed E-state index contributed by atoms with van der Waals surface area (Å²) in [4.78, 5) is 19.7. The second-order valence-corrected chi connectivity index (χ2v) is 10.2. The van der Waals surface area contributed by atoms with Gasteiger partial charge in [-0.25, -0.2) is 4.99 Å². The largest absolute Gasteiger partial charge is 0.333 e. The first-order valence-electron chi connectivity index (χ1n) is 11.0. The van der Waals surface area contributed by atoms with E-state index in [-0.39, 0.29) is 17.1 Å². The first kappa shape index (κ1) is 24.7. The molecule has 2 N–H and O–H groups in total. The number of halogens is 2. The van der Waals surface area contributed by atoms with Gasteiger partial charge >= 0.3 is 0 Å². The number of carbonyl (C=O) groups is 1. The van der Waals surface area contributed by atoms with Crippen LogP contribution in [0.15, 0.2) is 81.4 Å². The van der Waals surface area contributed by atoms with E-state index in [1.165, 1.54) is 11.9 Å². The molecule has 0 radical (unpaired) electrons. The van der Waals surface area contributed by atoms with Gasteiger partial charge in [-0.3, -0.25) is 4.79 Å². The lowest BCUT2D eigenvalue weighted by Crippen LogP contribution is -2.47. The van der Waals surface area contributed by atoms with Gasteiger partial charge in [0.15, 0.2) is 5.11 Å². The number of hydrogen-bond donors (Lipinski definition) is 2. The van der Waals surface area contributed by atoms with Crippen LogP contribution in [0.1, 0.15) is 22.7 Å². The highest BCUT2D eigenvalue weighted by atomic mass is 35.5. The number of rotatable bonds is 4. The van der Waals surface area contributed by atoms with Crippen LogP contribution in [0.3, 0.4) is 0 Å². The summed E-state index contributed by atoms with van der Waals surface area (Å²) in [6, 6.07) is 20.5. The molecule has 0 spiro atoms. The van der Waals surface area contributed by atoms with Crippen LogP contribution in [-0.2, 0) is 4.79 Å². The van der Waals surface area contributed by atoms with E-state index in [2.05, 4.69) is 20.3 Å². The summed E-state index contributed by atoms with van der Waals surface area (Å²) in [5.41, 5.74) is 4.47. The third kappa shape index (κ3) is 5.10. The number of nitrogens with one attached hydrogen (secondary N) is 2. The Morgan fingerprint density at radius 1 is 1.08 bits per heavy atom. The van der Waals surface area contributed by atoms with E-state index >= 15 is 0 Å². The predicted molar refractivity (Wildman–Crippen MR) is 152 cm³/mol. The molecule has 0 fully saturated rings. The normalized spacial score (nSPS) is 18.9. The van der Waals surface area contributed by atoms with Crippen molar-refractivity contribution in [2.45, 2.75) is 12.2 Å². The average Bonchev–Trinajstić information content (AvgIpc) is 3.39. The molecule has 7 nitrogen and oxygen atoms in total. The fraction of sp³-hybridized carbons (Fsp3) is 0.160. The van der Waals surface area contributed by atoms with Gasteiger partial charge in [-0.1, -0.05) is 53.5 Å². The van der Waals surface area contributed by atoms with E-state index in [0.29, 0.717) is 32.6 Å². The number of hydrogen-bond acceptors (Lipinski definition) is 6. The van der Waals surface area contributed by atoms with Crippen molar-refractivity contribution < 1.29 is 4.79 Å². The SMILES string of the molecule is CN1C(=O)C(NC(=S)Nc2ccc(C3CSN=N3)cc2)N=C(c2ccccc2Cl)c2cc(Cl)ccc21. The Morgan fingerprint density at radius 3 is 2.58 bits per heavy atom. The van der Waals surface area contributed by atoms with Gasteiger partial charge in [-0.2, -0.15) is 5.11 Å². The minimum Gasteiger partial charge on any atom is -0.333 e. The van der Waals surface area contributed by atoms with E-state index in [9.17, 15) is 4.79 Å². The number of carbonyl (C=O) groups excluding carboxylic acids is 1. The van der Waals surface area contributed by atoms with Crippen molar-refractivity contribution in [3.05, 3.63) is 93.5 Å². The lowest BCUT2D eigenvalue weighted by Gasteiger charge is -2.22. The number of thiocarbonyl (C=S) groups is 1. The van der Waals surface area contributed by atoms with Gasteiger partial charge in [-0.15, -0.1) is 4.52 Å². The molecule has 0 saturated carbocycles. The number of anilines is 2. The summed E-state index contributed by atoms with van der Waals surface area (Å²) < 4.78 is 3.98. The second-order valence-electron chi connectivity index (χ2n) is 8.15. The quantitative estimate of drug-likeness (QED) is 0.293. The molecule has 36 heavy (non-hydrogen) atoms. The number of nitrogens with zero attached hydrogens (tertiary/aromatic N) is 4. The lowest BCUT2D eigenvalue weighted by molar-refractivity contribution is -0.119. The molecule has 3 aromatic rings. The molecule has 2 atom stereocenters. The van der Waals surface area contributed by atoms with Gasteiger partial charge in [-0.05, 0) is 66.1 Å². The molecule has 3 aromatic carbocycles. The Morgan fingerprint density at radius 2 is 1.86 bits per heavy atom. The zero-order valence-corrected chi connectivity index (χ0v) is 22.1. The number of likely N-dealkylation sites (N-methyl/N-ethyl adjacent to an activating group) is 1. The molecule has 2 aliphatic rings. The average molecular weight is 556 g/mol. The standard InChI is InChI=1S/C25H20Cl2N6OS2/c1-33-21-11-8-15(26)12-18(21)22(17-4-2-3-5-19(17)27)29-23(24(33)34)30-25(35)28-16-9-6-14(7-10-16)20-13-36-32-31-20/h2-12,20,23H,13H2,1H3,(H2,28,30,35). The van der Waals surface area contributed by atoms with Gasteiger partial charge in [0.2, 0.25) is 6.17 Å². The van der Waals surface area contributed by atoms with Crippen molar-refractivity contribution in [1.29, 1.82) is 0 Å². The van der Waals surface area contributed by atoms with Crippen LogP contribution >= 0.6 is 47.4 Å². The minimum atomic E-state index is -0.984. The highest BCUT2D eigenvalue weighted by molar-refractivity contribution is 7.98. The van der Waals surface area contributed by atoms with Crippen LogP contribution in [0.2, 0.25) is 10.0 Å². The fourth-order valence-corrected chi connectivity index (χ4v) is 5.25. The molecule has 182 valence electrons. The highest BCUT2D eigenvalue weighted by Gasteiger charge is 2.31. The topological polar surface area (TPSA) is 81.5 Å². The Kier molecular flexibility index (Phi) is 7.25. The van der Waals surface area contributed by atoms with Gasteiger partial charge in [0.1, 0.15) is 6.04 Å². The molecule has 0 saturated heterocycles. The van der Waals surface area contributed by atoms with E-state index in [1.54, 1.807) is 36.2 Å². The Balaban J connectivity index is 1.43. The van der Waals surface area contributed by atoms with Gasteiger partial charge in [0.05, 0.1) is 11.4 Å². The molecule has 2 aliphatic heterocycles. The Bertz CT molecular complexity index is 1400. The molecule has 1 amide bonds. The summed E-state index contributed by atoms with van der Waals surface area (Å²) in [6.07, 6.45) is -0.984. The van der Waals surface area contributed by atoms with Crippen LogP contribution in [0.4, 0.5) is 11.4 Å². The number of aliphatic imine (C=N–C) groups is 1. The maximum atomic E-state index is 13.4. The smallest absolute Gasteiger partial charge is 0.272 e. The van der Waals surface area contributed by atoms with E-state index in [1.807, 2.05) is 42.5 Å². The van der Waals surface area contributed by atoms with Crippen LogP contribution in [-0.4, -0.2) is 35.7 Å². The first-order chi connectivity index (χ1) is 17.4. The molecule has 0 bridgehead atoms. The molecule has 2 heterocycles. The molecular formula is C25H20Cl2N6OS2. The summed E-state index contributed by atoms with van der Waals surface area (Å²) >= 11 is 19.8. The van der Waals surface area contributed by atoms with Gasteiger partial charge in [0.25, 0.3) is 5.91 Å². The maximum Gasteiger partial charge on any atom is 0.272 e. The zero-order chi connectivity index (χ0) is 25.2. The minimum absolute atomic E-state index is 0.0704. The van der Waals surface area contributed by atoms with E-state index < -0.39 is 6.17 Å². The number of benzodiazepines with no additional fused rings is 1.